The predicted molar refractivity (Wildman–Crippen MR) is 102 cm³/mol. The molecule has 1 N–H and O–H groups in total. The van der Waals surface area contributed by atoms with Crippen molar-refractivity contribution in [2.45, 2.75) is 17.7 Å². The Kier molecular flexibility index (Phi) is 5.55. The van der Waals surface area contributed by atoms with E-state index < -0.39 is 10.0 Å². The zero-order chi connectivity index (χ0) is 19.4. The van der Waals surface area contributed by atoms with Crippen molar-refractivity contribution in [3.8, 4) is 11.5 Å². The van der Waals surface area contributed by atoms with E-state index in [1.165, 1.54) is 26.4 Å². The quantitative estimate of drug-likeness (QED) is 0.820. The molecular weight excluding hydrogens is 368 g/mol. The van der Waals surface area contributed by atoms with Gasteiger partial charge in [0.25, 0.3) is 15.9 Å². The molecule has 3 rings (SSSR count). The molecule has 2 aromatic carbocycles. The van der Waals surface area contributed by atoms with Crippen LogP contribution in [0.5, 0.6) is 11.5 Å². The third-order valence-corrected chi connectivity index (χ3v) is 5.84. The van der Waals surface area contributed by atoms with Crippen molar-refractivity contribution in [1.29, 1.82) is 0 Å². The van der Waals surface area contributed by atoms with Gasteiger partial charge in [-0.1, -0.05) is 12.1 Å². The first-order chi connectivity index (χ1) is 13.0. The number of nitrogens with one attached hydrogen (secondary N) is 1. The number of ether oxygens (including phenoxy) is 2. The van der Waals surface area contributed by atoms with Crippen molar-refractivity contribution < 1.29 is 22.7 Å². The third kappa shape index (κ3) is 4.00. The number of benzene rings is 2. The highest BCUT2D eigenvalue weighted by Gasteiger charge is 2.25. The lowest BCUT2D eigenvalue weighted by Crippen LogP contribution is -2.28. The molecule has 27 heavy (non-hydrogen) atoms. The number of sulfonamides is 1. The number of hydrogen-bond acceptors (Lipinski definition) is 5. The molecule has 0 aliphatic carbocycles. The van der Waals surface area contributed by atoms with Gasteiger partial charge in [0.05, 0.1) is 25.5 Å². The molecule has 1 amide bonds. The van der Waals surface area contributed by atoms with Crippen molar-refractivity contribution in [2.75, 3.05) is 32.0 Å². The molecule has 1 heterocycles. The van der Waals surface area contributed by atoms with Gasteiger partial charge in [0, 0.05) is 19.2 Å². The summed E-state index contributed by atoms with van der Waals surface area (Å²) in [6, 6.07) is 11.1. The zero-order valence-corrected chi connectivity index (χ0v) is 16.1. The van der Waals surface area contributed by atoms with E-state index in [0.717, 1.165) is 12.8 Å². The molecule has 144 valence electrons. The van der Waals surface area contributed by atoms with Crippen LogP contribution in [0.25, 0.3) is 0 Å². The summed E-state index contributed by atoms with van der Waals surface area (Å²) < 4.78 is 38.8. The van der Waals surface area contributed by atoms with Crippen LogP contribution in [0.4, 0.5) is 5.69 Å². The summed E-state index contributed by atoms with van der Waals surface area (Å²) >= 11 is 0. The minimum absolute atomic E-state index is 0.0622. The largest absolute Gasteiger partial charge is 0.497 e. The Bertz CT molecular complexity index is 937. The van der Waals surface area contributed by atoms with Gasteiger partial charge in [-0.15, -0.1) is 0 Å². The van der Waals surface area contributed by atoms with Crippen LogP contribution in [-0.4, -0.2) is 46.5 Å². The van der Waals surface area contributed by atoms with E-state index in [1.807, 2.05) is 0 Å². The Morgan fingerprint density at radius 2 is 1.74 bits per heavy atom. The number of anilines is 1. The molecule has 1 saturated heterocycles. The number of carbonyl (C=O) groups is 1. The number of nitrogens with zero attached hydrogens (tertiary/aromatic N) is 1. The lowest BCUT2D eigenvalue weighted by atomic mass is 10.1. The molecule has 0 bridgehead atoms. The maximum Gasteiger partial charge on any atom is 0.265 e. The molecule has 0 unspecified atom stereocenters. The summed E-state index contributed by atoms with van der Waals surface area (Å²) in [6.07, 6.45) is 1.92. The monoisotopic (exact) mass is 390 g/mol. The minimum Gasteiger partial charge on any atom is -0.497 e. The van der Waals surface area contributed by atoms with Crippen LogP contribution < -0.4 is 14.2 Å². The van der Waals surface area contributed by atoms with Crippen LogP contribution in [0.2, 0.25) is 0 Å². The smallest absolute Gasteiger partial charge is 0.265 e. The van der Waals surface area contributed by atoms with Gasteiger partial charge in [-0.3, -0.25) is 9.52 Å². The van der Waals surface area contributed by atoms with Crippen LogP contribution in [0.1, 0.15) is 23.2 Å². The first kappa shape index (κ1) is 19.0. The molecule has 0 spiro atoms. The lowest BCUT2D eigenvalue weighted by molar-refractivity contribution is 0.0794. The van der Waals surface area contributed by atoms with Crippen LogP contribution in [0.3, 0.4) is 0 Å². The number of carbonyl (C=O) groups excluding carboxylic acids is 1. The molecule has 7 nitrogen and oxygen atoms in total. The van der Waals surface area contributed by atoms with E-state index in [4.69, 9.17) is 9.47 Å². The molecule has 1 aliphatic heterocycles. The van der Waals surface area contributed by atoms with Crippen LogP contribution in [-0.2, 0) is 10.0 Å². The Hall–Kier alpha value is -2.74. The highest BCUT2D eigenvalue weighted by Crippen LogP contribution is 2.31. The molecule has 1 aliphatic rings. The van der Waals surface area contributed by atoms with Gasteiger partial charge >= 0.3 is 0 Å². The SMILES string of the molecule is COc1ccc(OC)c(S(=O)(=O)Nc2ccccc2C(=O)N2CCCC2)c1. The molecule has 2 aromatic rings. The van der Waals surface area contributed by atoms with Crippen LogP contribution in [0, 0.1) is 0 Å². The van der Waals surface area contributed by atoms with Gasteiger partial charge in [-0.05, 0) is 37.1 Å². The fourth-order valence-corrected chi connectivity index (χ4v) is 4.31. The number of hydrogen-bond donors (Lipinski definition) is 1. The number of methoxy groups -OCH3 is 2. The zero-order valence-electron chi connectivity index (χ0n) is 15.3. The highest BCUT2D eigenvalue weighted by molar-refractivity contribution is 7.92. The lowest BCUT2D eigenvalue weighted by Gasteiger charge is -2.19. The number of para-hydroxylation sites is 1. The van der Waals surface area contributed by atoms with Crippen LogP contribution in [0.15, 0.2) is 47.4 Å². The van der Waals surface area contributed by atoms with E-state index in [9.17, 15) is 13.2 Å². The Labute approximate surface area is 158 Å². The van der Waals surface area contributed by atoms with Gasteiger partial charge in [-0.2, -0.15) is 0 Å². The van der Waals surface area contributed by atoms with Crippen molar-refractivity contribution >= 4 is 21.6 Å². The molecular formula is C19H22N2O5S. The standard InChI is InChI=1S/C19H22N2O5S/c1-25-14-9-10-17(26-2)18(13-14)27(23,24)20-16-8-4-3-7-15(16)19(22)21-11-5-6-12-21/h3-4,7-10,13,20H,5-6,11-12H2,1-2H3. The van der Waals surface area contributed by atoms with E-state index in [-0.39, 0.29) is 22.2 Å². The van der Waals surface area contributed by atoms with E-state index in [2.05, 4.69) is 4.72 Å². The summed E-state index contributed by atoms with van der Waals surface area (Å²) in [6.45, 7) is 1.37. The fraction of sp³-hybridized carbons (Fsp3) is 0.316. The topological polar surface area (TPSA) is 84.9 Å². The van der Waals surface area contributed by atoms with Gasteiger partial charge in [0.1, 0.15) is 16.4 Å². The second kappa shape index (κ2) is 7.87. The minimum atomic E-state index is -3.99. The van der Waals surface area contributed by atoms with Crippen molar-refractivity contribution in [1.82, 2.24) is 4.90 Å². The Morgan fingerprint density at radius 1 is 1.04 bits per heavy atom. The summed E-state index contributed by atoms with van der Waals surface area (Å²) in [4.78, 5) is 14.4. The van der Waals surface area contributed by atoms with Gasteiger partial charge in [0.15, 0.2) is 0 Å². The third-order valence-electron chi connectivity index (χ3n) is 4.46. The van der Waals surface area contributed by atoms with Gasteiger partial charge in [0.2, 0.25) is 0 Å². The van der Waals surface area contributed by atoms with E-state index in [0.29, 0.717) is 24.4 Å². The number of amides is 1. The molecule has 0 radical (unpaired) electrons. The molecule has 1 fully saturated rings. The number of rotatable bonds is 6. The molecule has 0 aromatic heterocycles. The second-order valence-corrected chi connectivity index (χ2v) is 7.82. The van der Waals surface area contributed by atoms with Gasteiger partial charge < -0.3 is 14.4 Å². The average molecular weight is 390 g/mol. The summed E-state index contributed by atoms with van der Waals surface area (Å²) in [7, 11) is -1.15. The highest BCUT2D eigenvalue weighted by atomic mass is 32.2. The summed E-state index contributed by atoms with van der Waals surface area (Å²) in [5.41, 5.74) is 0.559. The Balaban J connectivity index is 1.96. The Morgan fingerprint density at radius 3 is 2.41 bits per heavy atom. The normalized spacial score (nSPS) is 14.1. The molecule has 0 saturated carbocycles. The van der Waals surface area contributed by atoms with Crippen molar-refractivity contribution in [3.63, 3.8) is 0 Å². The maximum atomic E-state index is 13.0. The summed E-state index contributed by atoms with van der Waals surface area (Å²) in [5, 5.41) is 0. The molecule has 8 heteroatoms. The van der Waals surface area contributed by atoms with Gasteiger partial charge in [-0.25, -0.2) is 8.42 Å². The predicted octanol–water partition coefficient (Wildman–Crippen LogP) is 2.74. The fourth-order valence-electron chi connectivity index (χ4n) is 3.04. The van der Waals surface area contributed by atoms with E-state index in [1.54, 1.807) is 35.2 Å². The second-order valence-electron chi connectivity index (χ2n) is 6.17. The van der Waals surface area contributed by atoms with E-state index >= 15 is 0 Å². The number of likely N-dealkylation sites (tertiary alicyclic amines) is 1. The molecule has 0 atom stereocenters. The first-order valence-electron chi connectivity index (χ1n) is 8.59. The average Bonchev–Trinajstić information content (AvgIpc) is 3.22. The first-order valence-corrected chi connectivity index (χ1v) is 10.1. The van der Waals surface area contributed by atoms with Crippen molar-refractivity contribution in [3.05, 3.63) is 48.0 Å². The summed E-state index contributed by atoms with van der Waals surface area (Å²) in [5.74, 6) is 0.396. The van der Waals surface area contributed by atoms with Crippen LogP contribution >= 0.6 is 0 Å². The maximum absolute atomic E-state index is 13.0. The van der Waals surface area contributed by atoms with Crippen molar-refractivity contribution in [2.24, 2.45) is 0 Å².